The van der Waals surface area contributed by atoms with Gasteiger partial charge in [0.2, 0.25) is 0 Å². The molecule has 16 heavy (non-hydrogen) atoms. The van der Waals surface area contributed by atoms with Crippen LogP contribution >= 0.6 is 0 Å². The number of amides is 1. The van der Waals surface area contributed by atoms with E-state index < -0.39 is 0 Å². The summed E-state index contributed by atoms with van der Waals surface area (Å²) in [6.45, 7) is 6.14. The molecule has 0 heterocycles. The van der Waals surface area contributed by atoms with Gasteiger partial charge < -0.3 is 15.8 Å². The quantitative estimate of drug-likeness (QED) is 0.595. The zero-order valence-electron chi connectivity index (χ0n) is 10.7. The summed E-state index contributed by atoms with van der Waals surface area (Å²) < 4.78 is 0. The number of carbonyl (C=O) groups is 2. The molecule has 0 radical (unpaired) electrons. The van der Waals surface area contributed by atoms with Gasteiger partial charge in [0.15, 0.2) is 6.04 Å². The van der Waals surface area contributed by atoms with Gasteiger partial charge in [-0.05, 0) is 18.8 Å². The molecule has 0 spiro atoms. The highest BCUT2D eigenvalue weighted by molar-refractivity contribution is 5.82. The van der Waals surface area contributed by atoms with Crippen LogP contribution in [0.25, 0.3) is 0 Å². The van der Waals surface area contributed by atoms with Crippen LogP contribution in [-0.2, 0) is 9.59 Å². The van der Waals surface area contributed by atoms with Crippen LogP contribution < -0.4 is 11.1 Å². The van der Waals surface area contributed by atoms with Gasteiger partial charge in [-0.1, -0.05) is 27.2 Å². The minimum Gasteiger partial charge on any atom is -0.347 e. The van der Waals surface area contributed by atoms with Crippen molar-refractivity contribution in [1.29, 1.82) is 0 Å². The number of quaternary nitrogens is 1. The molecule has 0 rings (SSSR count). The van der Waals surface area contributed by atoms with E-state index in [0.717, 1.165) is 25.5 Å². The molecule has 4 N–H and O–H groups in total. The first kappa shape index (κ1) is 15.1. The number of nitrogens with one attached hydrogen (secondary N) is 1. The maximum Gasteiger partial charge on any atom is 0.278 e. The number of hydrogen-bond donors (Lipinski definition) is 2. The molecule has 1 amide bonds. The largest absolute Gasteiger partial charge is 0.347 e. The predicted octanol–water partition coefficient (Wildman–Crippen LogP) is 0.517. The Balaban J connectivity index is 4.03. The summed E-state index contributed by atoms with van der Waals surface area (Å²) in [5.74, 6) is 0.292. The Kier molecular flexibility index (Phi) is 7.81. The SMILES string of the molecule is CCCC[C@H]([NH3+])C(=O)N[C@H](C=O)CC(C)C. The van der Waals surface area contributed by atoms with Gasteiger partial charge in [-0.15, -0.1) is 0 Å². The normalized spacial score (nSPS) is 14.6. The fraction of sp³-hybridized carbons (Fsp3) is 0.833. The Morgan fingerprint density at radius 3 is 2.50 bits per heavy atom. The maximum atomic E-state index is 11.7. The maximum absolute atomic E-state index is 11.7. The topological polar surface area (TPSA) is 73.8 Å². The third kappa shape index (κ3) is 6.56. The van der Waals surface area contributed by atoms with Crippen LogP contribution in [0.15, 0.2) is 0 Å². The highest BCUT2D eigenvalue weighted by Crippen LogP contribution is 2.03. The van der Waals surface area contributed by atoms with Crippen molar-refractivity contribution in [3.8, 4) is 0 Å². The molecule has 94 valence electrons. The van der Waals surface area contributed by atoms with Crippen molar-refractivity contribution in [1.82, 2.24) is 5.32 Å². The zero-order chi connectivity index (χ0) is 12.6. The number of hydrogen-bond acceptors (Lipinski definition) is 2. The van der Waals surface area contributed by atoms with Gasteiger partial charge in [0.05, 0.1) is 6.04 Å². The van der Waals surface area contributed by atoms with E-state index in [0.29, 0.717) is 12.3 Å². The molecule has 0 bridgehead atoms. The smallest absolute Gasteiger partial charge is 0.278 e. The van der Waals surface area contributed by atoms with Gasteiger partial charge in [-0.2, -0.15) is 0 Å². The Hall–Kier alpha value is -0.900. The Bertz CT molecular complexity index is 217. The first-order valence-electron chi connectivity index (χ1n) is 6.10. The molecule has 2 atom stereocenters. The van der Waals surface area contributed by atoms with Gasteiger partial charge in [0, 0.05) is 6.42 Å². The van der Waals surface area contributed by atoms with Crippen molar-refractivity contribution < 1.29 is 15.3 Å². The highest BCUT2D eigenvalue weighted by Gasteiger charge is 2.20. The van der Waals surface area contributed by atoms with Crippen LogP contribution in [0.5, 0.6) is 0 Å². The second-order valence-electron chi connectivity index (χ2n) is 4.72. The molecular weight excluding hydrogens is 204 g/mol. The summed E-state index contributed by atoms with van der Waals surface area (Å²) >= 11 is 0. The Morgan fingerprint density at radius 1 is 1.44 bits per heavy atom. The van der Waals surface area contributed by atoms with E-state index in [1.165, 1.54) is 0 Å². The molecule has 0 aromatic heterocycles. The van der Waals surface area contributed by atoms with E-state index in [-0.39, 0.29) is 18.0 Å². The lowest BCUT2D eigenvalue weighted by molar-refractivity contribution is -0.405. The first-order chi connectivity index (χ1) is 7.51. The van der Waals surface area contributed by atoms with Crippen LogP contribution in [0, 0.1) is 5.92 Å². The summed E-state index contributed by atoms with van der Waals surface area (Å²) in [4.78, 5) is 22.4. The minimum atomic E-state index is -0.363. The summed E-state index contributed by atoms with van der Waals surface area (Å²) in [6, 6.07) is -0.604. The van der Waals surface area contributed by atoms with E-state index in [1.54, 1.807) is 0 Å². The van der Waals surface area contributed by atoms with Gasteiger partial charge >= 0.3 is 0 Å². The lowest BCUT2D eigenvalue weighted by Crippen LogP contribution is -2.68. The standard InChI is InChI=1S/C12H24N2O2/c1-4-5-6-11(13)12(16)14-10(8-15)7-9(2)3/h8-11H,4-7,13H2,1-3H3,(H,14,16)/p+1/t10-,11-/m0/s1. The fourth-order valence-corrected chi connectivity index (χ4v) is 1.54. The first-order valence-corrected chi connectivity index (χ1v) is 6.10. The highest BCUT2D eigenvalue weighted by atomic mass is 16.2. The van der Waals surface area contributed by atoms with Crippen LogP contribution in [0.4, 0.5) is 0 Å². The average Bonchev–Trinajstić information content (AvgIpc) is 2.23. The number of aldehydes is 1. The lowest BCUT2D eigenvalue weighted by Gasteiger charge is -2.16. The molecule has 0 aliphatic carbocycles. The van der Waals surface area contributed by atoms with E-state index in [4.69, 9.17) is 0 Å². The summed E-state index contributed by atoms with van der Waals surface area (Å²) in [5.41, 5.74) is 3.81. The molecule has 0 saturated heterocycles. The predicted molar refractivity (Wildman–Crippen MR) is 63.7 cm³/mol. The molecule has 0 aromatic carbocycles. The summed E-state index contributed by atoms with van der Waals surface area (Å²) in [7, 11) is 0. The summed E-state index contributed by atoms with van der Waals surface area (Å²) in [6.07, 6.45) is 4.34. The summed E-state index contributed by atoms with van der Waals surface area (Å²) in [5, 5.41) is 2.74. The van der Waals surface area contributed by atoms with E-state index in [2.05, 4.69) is 18.0 Å². The molecule has 0 aliphatic heterocycles. The molecule has 4 heteroatoms. The van der Waals surface area contributed by atoms with Gasteiger partial charge in [0.1, 0.15) is 6.29 Å². The van der Waals surface area contributed by atoms with Gasteiger partial charge in [-0.3, -0.25) is 4.79 Å². The van der Waals surface area contributed by atoms with Crippen molar-refractivity contribution in [2.75, 3.05) is 0 Å². The molecule has 0 unspecified atom stereocenters. The van der Waals surface area contributed by atoms with Crippen molar-refractivity contribution >= 4 is 12.2 Å². The average molecular weight is 229 g/mol. The van der Waals surface area contributed by atoms with E-state index in [9.17, 15) is 9.59 Å². The molecule has 0 fully saturated rings. The third-order valence-corrected chi connectivity index (χ3v) is 2.49. The Labute approximate surface area is 98.0 Å². The molecular formula is C12H25N2O2+. The lowest BCUT2D eigenvalue weighted by atomic mass is 10.0. The second kappa shape index (κ2) is 8.28. The zero-order valence-corrected chi connectivity index (χ0v) is 10.7. The molecule has 0 saturated carbocycles. The fourth-order valence-electron chi connectivity index (χ4n) is 1.54. The Morgan fingerprint density at radius 2 is 2.06 bits per heavy atom. The van der Waals surface area contributed by atoms with Crippen LogP contribution in [0.2, 0.25) is 0 Å². The van der Waals surface area contributed by atoms with E-state index in [1.807, 2.05) is 13.8 Å². The van der Waals surface area contributed by atoms with Crippen molar-refractivity contribution in [3.63, 3.8) is 0 Å². The minimum absolute atomic E-state index is 0.105. The van der Waals surface area contributed by atoms with Crippen molar-refractivity contribution in [2.45, 2.75) is 58.5 Å². The van der Waals surface area contributed by atoms with Crippen LogP contribution in [-0.4, -0.2) is 24.3 Å². The van der Waals surface area contributed by atoms with Gasteiger partial charge in [-0.25, -0.2) is 0 Å². The number of rotatable bonds is 8. The monoisotopic (exact) mass is 229 g/mol. The molecule has 4 nitrogen and oxygen atoms in total. The van der Waals surface area contributed by atoms with Gasteiger partial charge in [0.25, 0.3) is 5.91 Å². The molecule has 0 aliphatic rings. The number of unbranched alkanes of at least 4 members (excludes halogenated alkanes) is 1. The van der Waals surface area contributed by atoms with Crippen LogP contribution in [0.1, 0.15) is 46.5 Å². The number of carbonyl (C=O) groups excluding carboxylic acids is 2. The van der Waals surface area contributed by atoms with Crippen molar-refractivity contribution in [2.24, 2.45) is 5.92 Å². The molecule has 0 aromatic rings. The van der Waals surface area contributed by atoms with Crippen LogP contribution in [0.3, 0.4) is 0 Å². The van der Waals surface area contributed by atoms with E-state index >= 15 is 0 Å². The third-order valence-electron chi connectivity index (χ3n) is 2.49. The van der Waals surface area contributed by atoms with Crippen molar-refractivity contribution in [3.05, 3.63) is 0 Å². The second-order valence-corrected chi connectivity index (χ2v) is 4.72.